The fourth-order valence-electron chi connectivity index (χ4n) is 2.67. The van der Waals surface area contributed by atoms with Crippen LogP contribution in [0.25, 0.3) is 5.52 Å². The number of carbonyl (C=O) groups excluding carboxylic acids is 1. The van der Waals surface area contributed by atoms with Crippen LogP contribution in [0.3, 0.4) is 0 Å². The molecule has 0 bridgehead atoms. The number of nitriles is 1. The van der Waals surface area contributed by atoms with E-state index in [0.717, 1.165) is 23.5 Å². The maximum Gasteiger partial charge on any atom is 0.274 e. The fourth-order valence-corrected chi connectivity index (χ4v) is 3.21. The number of fused-ring (bicyclic) bond motifs is 1. The molecule has 108 valence electrons. The van der Waals surface area contributed by atoms with Crippen molar-refractivity contribution in [3.05, 3.63) is 30.1 Å². The van der Waals surface area contributed by atoms with E-state index in [0.29, 0.717) is 18.8 Å². The van der Waals surface area contributed by atoms with Crippen LogP contribution in [0.4, 0.5) is 0 Å². The van der Waals surface area contributed by atoms with Crippen LogP contribution in [0.2, 0.25) is 0 Å². The first-order chi connectivity index (χ1) is 10.2. The predicted molar refractivity (Wildman–Crippen MR) is 81.2 cm³/mol. The van der Waals surface area contributed by atoms with E-state index in [4.69, 9.17) is 5.26 Å². The number of imidazole rings is 1. The number of amides is 1. The molecule has 6 heteroatoms. The summed E-state index contributed by atoms with van der Waals surface area (Å²) in [6.45, 7) is 1.27. The number of thioether (sulfide) groups is 1. The summed E-state index contributed by atoms with van der Waals surface area (Å²) in [4.78, 5) is 19.0. The van der Waals surface area contributed by atoms with Crippen molar-refractivity contribution >= 4 is 23.2 Å². The molecule has 1 aliphatic rings. The van der Waals surface area contributed by atoms with Gasteiger partial charge in [0.05, 0.1) is 11.6 Å². The molecular weight excluding hydrogens is 284 g/mol. The van der Waals surface area contributed by atoms with Gasteiger partial charge in [-0.25, -0.2) is 4.98 Å². The van der Waals surface area contributed by atoms with Gasteiger partial charge in [0.15, 0.2) is 10.9 Å². The van der Waals surface area contributed by atoms with Crippen molar-refractivity contribution in [2.24, 2.45) is 5.92 Å². The van der Waals surface area contributed by atoms with Crippen molar-refractivity contribution < 1.29 is 4.79 Å². The minimum absolute atomic E-state index is 0.0320. The predicted octanol–water partition coefficient (Wildman–Crippen LogP) is 2.43. The van der Waals surface area contributed by atoms with Crippen molar-refractivity contribution in [2.75, 3.05) is 19.3 Å². The van der Waals surface area contributed by atoms with E-state index < -0.39 is 0 Å². The Balaban J connectivity index is 1.90. The van der Waals surface area contributed by atoms with E-state index >= 15 is 0 Å². The summed E-state index contributed by atoms with van der Waals surface area (Å²) in [5, 5.41) is 9.76. The summed E-state index contributed by atoms with van der Waals surface area (Å²) in [6, 6.07) is 8.05. The number of hydrogen-bond donors (Lipinski definition) is 0. The zero-order valence-corrected chi connectivity index (χ0v) is 12.6. The molecule has 0 aromatic carbocycles. The Morgan fingerprint density at radius 2 is 2.19 bits per heavy atom. The van der Waals surface area contributed by atoms with E-state index in [-0.39, 0.29) is 11.8 Å². The second kappa shape index (κ2) is 5.78. The molecule has 0 N–H and O–H groups in total. The van der Waals surface area contributed by atoms with Gasteiger partial charge in [0.1, 0.15) is 0 Å². The topological polar surface area (TPSA) is 61.4 Å². The number of piperidine rings is 1. The van der Waals surface area contributed by atoms with E-state index in [9.17, 15) is 4.79 Å². The molecule has 2 aromatic rings. The largest absolute Gasteiger partial charge is 0.337 e. The average Bonchev–Trinajstić information content (AvgIpc) is 2.93. The van der Waals surface area contributed by atoms with Crippen molar-refractivity contribution in [3.63, 3.8) is 0 Å². The molecule has 21 heavy (non-hydrogen) atoms. The van der Waals surface area contributed by atoms with Gasteiger partial charge in [0, 0.05) is 25.2 Å². The van der Waals surface area contributed by atoms with E-state index in [1.54, 1.807) is 0 Å². The van der Waals surface area contributed by atoms with Crippen LogP contribution in [0.5, 0.6) is 0 Å². The van der Waals surface area contributed by atoms with Crippen molar-refractivity contribution in [1.29, 1.82) is 5.26 Å². The Kier molecular flexibility index (Phi) is 3.84. The molecule has 1 saturated heterocycles. The number of pyridine rings is 1. The summed E-state index contributed by atoms with van der Waals surface area (Å²) in [6.07, 6.45) is 5.38. The summed E-state index contributed by atoms with van der Waals surface area (Å²) in [5.74, 6) is 0.0462. The number of aromatic nitrogens is 2. The number of carbonyl (C=O) groups is 1. The van der Waals surface area contributed by atoms with Gasteiger partial charge in [-0.05, 0) is 31.2 Å². The molecule has 0 radical (unpaired) electrons. The summed E-state index contributed by atoms with van der Waals surface area (Å²) < 4.78 is 1.94. The maximum absolute atomic E-state index is 12.7. The molecule has 3 rings (SSSR count). The quantitative estimate of drug-likeness (QED) is 0.799. The Hall–Kier alpha value is -2.00. The first-order valence-electron chi connectivity index (χ1n) is 6.94. The van der Waals surface area contributed by atoms with Crippen molar-refractivity contribution in [1.82, 2.24) is 14.3 Å². The van der Waals surface area contributed by atoms with Gasteiger partial charge in [-0.2, -0.15) is 5.26 Å². The third kappa shape index (κ3) is 2.49. The molecule has 2 aromatic heterocycles. The smallest absolute Gasteiger partial charge is 0.274 e. The normalized spacial score (nSPS) is 16.1. The van der Waals surface area contributed by atoms with Crippen LogP contribution < -0.4 is 0 Å². The molecule has 1 fully saturated rings. The first kappa shape index (κ1) is 14.0. The van der Waals surface area contributed by atoms with Gasteiger partial charge in [-0.3, -0.25) is 9.20 Å². The number of nitrogens with zero attached hydrogens (tertiary/aromatic N) is 4. The SMILES string of the molecule is CSc1nc(C(=O)N2CCC(C#N)CC2)c2ccccn12. The second-order valence-electron chi connectivity index (χ2n) is 5.10. The average molecular weight is 300 g/mol. The minimum atomic E-state index is -0.0320. The lowest BCUT2D eigenvalue weighted by atomic mass is 9.98. The van der Waals surface area contributed by atoms with E-state index in [2.05, 4.69) is 11.1 Å². The maximum atomic E-state index is 12.7. The molecule has 0 saturated carbocycles. The van der Waals surface area contributed by atoms with E-state index in [1.807, 2.05) is 40.0 Å². The monoisotopic (exact) mass is 300 g/mol. The highest BCUT2D eigenvalue weighted by Crippen LogP contribution is 2.23. The third-order valence-corrected chi connectivity index (χ3v) is 4.52. The highest BCUT2D eigenvalue weighted by Gasteiger charge is 2.26. The van der Waals surface area contributed by atoms with Crippen molar-refractivity contribution in [2.45, 2.75) is 18.0 Å². The fraction of sp³-hybridized carbons (Fsp3) is 0.400. The molecule has 3 heterocycles. The minimum Gasteiger partial charge on any atom is -0.337 e. The van der Waals surface area contributed by atoms with Crippen LogP contribution in [-0.4, -0.2) is 39.5 Å². The van der Waals surface area contributed by atoms with Crippen LogP contribution in [0.15, 0.2) is 29.6 Å². The van der Waals surface area contributed by atoms with Crippen molar-refractivity contribution in [3.8, 4) is 6.07 Å². The molecular formula is C15H16N4OS. The molecule has 0 aliphatic carbocycles. The van der Waals surface area contributed by atoms with Crippen LogP contribution >= 0.6 is 11.8 Å². The van der Waals surface area contributed by atoms with Crippen LogP contribution in [-0.2, 0) is 0 Å². The van der Waals surface area contributed by atoms with Crippen LogP contribution in [0.1, 0.15) is 23.3 Å². The number of rotatable bonds is 2. The molecule has 0 spiro atoms. The molecule has 0 atom stereocenters. The van der Waals surface area contributed by atoms with Crippen LogP contribution in [0, 0.1) is 17.2 Å². The highest BCUT2D eigenvalue weighted by molar-refractivity contribution is 7.98. The summed E-state index contributed by atoms with van der Waals surface area (Å²) >= 11 is 1.53. The lowest BCUT2D eigenvalue weighted by molar-refractivity contribution is 0.0703. The summed E-state index contributed by atoms with van der Waals surface area (Å²) in [5.41, 5.74) is 1.35. The Morgan fingerprint density at radius 3 is 2.86 bits per heavy atom. The number of likely N-dealkylation sites (tertiary alicyclic amines) is 1. The van der Waals surface area contributed by atoms with Gasteiger partial charge in [-0.1, -0.05) is 17.8 Å². The standard InChI is InChI=1S/C15H16N4OS/c1-21-15-17-13(12-4-2-3-7-19(12)15)14(20)18-8-5-11(10-16)6-9-18/h2-4,7,11H,5-6,8-9H2,1H3. The Labute approximate surface area is 127 Å². The lowest BCUT2D eigenvalue weighted by Crippen LogP contribution is -2.38. The molecule has 0 unspecified atom stereocenters. The summed E-state index contributed by atoms with van der Waals surface area (Å²) in [7, 11) is 0. The Bertz CT molecular complexity index is 710. The second-order valence-corrected chi connectivity index (χ2v) is 5.87. The first-order valence-corrected chi connectivity index (χ1v) is 8.17. The molecule has 5 nitrogen and oxygen atoms in total. The van der Waals surface area contributed by atoms with Gasteiger partial charge < -0.3 is 4.90 Å². The van der Waals surface area contributed by atoms with Gasteiger partial charge in [0.25, 0.3) is 5.91 Å². The highest BCUT2D eigenvalue weighted by atomic mass is 32.2. The molecule has 1 amide bonds. The zero-order chi connectivity index (χ0) is 14.8. The molecule has 1 aliphatic heterocycles. The van der Waals surface area contributed by atoms with Gasteiger partial charge in [0.2, 0.25) is 0 Å². The lowest BCUT2D eigenvalue weighted by Gasteiger charge is -2.28. The Morgan fingerprint density at radius 1 is 1.43 bits per heavy atom. The van der Waals surface area contributed by atoms with Gasteiger partial charge >= 0.3 is 0 Å². The van der Waals surface area contributed by atoms with Gasteiger partial charge in [-0.15, -0.1) is 0 Å². The van der Waals surface area contributed by atoms with E-state index in [1.165, 1.54) is 11.8 Å². The third-order valence-electron chi connectivity index (χ3n) is 3.87. The zero-order valence-electron chi connectivity index (χ0n) is 11.8. The number of hydrogen-bond acceptors (Lipinski definition) is 4.